The summed E-state index contributed by atoms with van der Waals surface area (Å²) in [5.74, 6) is 5.48. The van der Waals surface area contributed by atoms with Crippen molar-refractivity contribution in [3.63, 3.8) is 0 Å². The number of H-pyrrole nitrogens is 1. The van der Waals surface area contributed by atoms with Gasteiger partial charge in [-0.2, -0.15) is 0 Å². The SMILES string of the molecule is Nc1nc2c(s1)C[C@@H](NCc1ccc(C#Cc3cccc(C(=O)O)c3-c3ccc4cc[nH]c4c3)cc1)CC2. The minimum atomic E-state index is -0.972. The maximum Gasteiger partial charge on any atom is 0.336 e. The molecule has 3 aromatic carbocycles. The Morgan fingerprint density at radius 3 is 2.84 bits per heavy atom. The first-order valence-corrected chi connectivity index (χ1v) is 13.4. The summed E-state index contributed by atoms with van der Waals surface area (Å²) in [5, 5.41) is 15.3. The van der Waals surface area contributed by atoms with E-state index in [4.69, 9.17) is 5.73 Å². The molecular weight excluding hydrogens is 492 g/mol. The fourth-order valence-electron chi connectivity index (χ4n) is 5.03. The van der Waals surface area contributed by atoms with Crippen molar-refractivity contribution < 1.29 is 9.90 Å². The third-order valence-electron chi connectivity index (χ3n) is 6.99. The van der Waals surface area contributed by atoms with Crippen LogP contribution in [0.2, 0.25) is 0 Å². The van der Waals surface area contributed by atoms with Crippen molar-refractivity contribution in [3.8, 4) is 23.0 Å². The molecule has 6 nitrogen and oxygen atoms in total. The highest BCUT2D eigenvalue weighted by Gasteiger charge is 2.21. The standard InChI is InChI=1S/C31H26N4O2S/c32-31-35-26-13-12-24(17-28(26)38-31)34-18-20-6-4-19(5-7-20)8-9-22-2-1-3-25(30(36)37)29(22)23-11-10-21-14-15-33-27(21)16-23/h1-7,10-11,14-16,24,33-34H,12-13,17-18H2,(H2,32,35)(H,36,37)/t24-/m0/s1. The molecule has 0 saturated heterocycles. The lowest BCUT2D eigenvalue weighted by Crippen LogP contribution is -2.33. The average Bonchev–Trinajstić information content (AvgIpc) is 3.55. The maximum atomic E-state index is 12.0. The minimum Gasteiger partial charge on any atom is -0.478 e. The Morgan fingerprint density at radius 1 is 1.13 bits per heavy atom. The smallest absolute Gasteiger partial charge is 0.336 e. The number of nitrogen functional groups attached to an aromatic ring is 1. The highest BCUT2D eigenvalue weighted by molar-refractivity contribution is 7.15. The Morgan fingerprint density at radius 2 is 2.00 bits per heavy atom. The molecule has 0 bridgehead atoms. The van der Waals surface area contributed by atoms with Crippen LogP contribution in [0.4, 0.5) is 5.13 Å². The van der Waals surface area contributed by atoms with Gasteiger partial charge in [0.1, 0.15) is 0 Å². The Balaban J connectivity index is 1.20. The number of carboxylic acid groups (broad SMARTS) is 1. The number of anilines is 1. The van der Waals surface area contributed by atoms with Crippen LogP contribution in [-0.4, -0.2) is 27.1 Å². The van der Waals surface area contributed by atoms with Crippen molar-refractivity contribution in [2.24, 2.45) is 0 Å². The summed E-state index contributed by atoms with van der Waals surface area (Å²) >= 11 is 1.60. The number of carboxylic acids is 1. The lowest BCUT2D eigenvalue weighted by molar-refractivity contribution is 0.0697. The number of hydrogen-bond acceptors (Lipinski definition) is 5. The number of nitrogens with one attached hydrogen (secondary N) is 2. The van der Waals surface area contributed by atoms with Crippen LogP contribution in [0.3, 0.4) is 0 Å². The second-order valence-electron chi connectivity index (χ2n) is 9.50. The van der Waals surface area contributed by atoms with E-state index in [9.17, 15) is 9.90 Å². The molecule has 0 spiro atoms. The molecule has 0 unspecified atom stereocenters. The zero-order chi connectivity index (χ0) is 26.1. The zero-order valence-corrected chi connectivity index (χ0v) is 21.4. The van der Waals surface area contributed by atoms with Gasteiger partial charge in [-0.15, -0.1) is 11.3 Å². The number of aromatic nitrogens is 2. The van der Waals surface area contributed by atoms with Gasteiger partial charge in [-0.25, -0.2) is 9.78 Å². The van der Waals surface area contributed by atoms with E-state index in [-0.39, 0.29) is 5.56 Å². The van der Waals surface area contributed by atoms with Crippen molar-refractivity contribution in [2.75, 3.05) is 5.73 Å². The normalized spacial score (nSPS) is 14.6. The van der Waals surface area contributed by atoms with Crippen LogP contribution in [-0.2, 0) is 19.4 Å². The van der Waals surface area contributed by atoms with Crippen molar-refractivity contribution >= 4 is 33.3 Å². The monoisotopic (exact) mass is 518 g/mol. The van der Waals surface area contributed by atoms with E-state index in [1.165, 1.54) is 10.4 Å². The summed E-state index contributed by atoms with van der Waals surface area (Å²) in [7, 11) is 0. The first-order chi connectivity index (χ1) is 18.5. The molecule has 5 N–H and O–H groups in total. The van der Waals surface area contributed by atoms with Gasteiger partial charge in [-0.1, -0.05) is 42.2 Å². The number of aryl methyl sites for hydroxylation is 1. The fourth-order valence-corrected chi connectivity index (χ4v) is 5.98. The third-order valence-corrected chi connectivity index (χ3v) is 7.93. The number of nitrogens with two attached hydrogens (primary N) is 1. The number of hydrogen-bond donors (Lipinski definition) is 4. The Hall–Kier alpha value is -4.38. The maximum absolute atomic E-state index is 12.0. The van der Waals surface area contributed by atoms with Gasteiger partial charge >= 0.3 is 5.97 Å². The van der Waals surface area contributed by atoms with Crippen LogP contribution in [0.15, 0.2) is 72.9 Å². The molecule has 38 heavy (non-hydrogen) atoms. The van der Waals surface area contributed by atoms with Gasteiger partial charge in [-0.3, -0.25) is 0 Å². The second kappa shape index (κ2) is 10.2. The molecule has 7 heteroatoms. The first kappa shape index (κ1) is 24.0. The third kappa shape index (κ3) is 4.92. The van der Waals surface area contributed by atoms with Gasteiger partial charge in [0, 0.05) is 45.9 Å². The minimum absolute atomic E-state index is 0.236. The molecular formula is C31H26N4O2S. The number of aromatic carboxylic acids is 1. The lowest BCUT2D eigenvalue weighted by Gasteiger charge is -2.22. The molecule has 5 aromatic rings. The molecule has 0 radical (unpaired) electrons. The largest absolute Gasteiger partial charge is 0.478 e. The van der Waals surface area contributed by atoms with Gasteiger partial charge in [0.05, 0.1) is 11.3 Å². The Labute approximate surface area is 224 Å². The van der Waals surface area contributed by atoms with E-state index >= 15 is 0 Å². The molecule has 1 aliphatic carbocycles. The zero-order valence-electron chi connectivity index (χ0n) is 20.6. The van der Waals surface area contributed by atoms with E-state index in [2.05, 4.69) is 39.3 Å². The molecule has 188 valence electrons. The van der Waals surface area contributed by atoms with Crippen molar-refractivity contribution in [2.45, 2.75) is 31.8 Å². The van der Waals surface area contributed by atoms with E-state index in [0.29, 0.717) is 22.3 Å². The predicted molar refractivity (Wildman–Crippen MR) is 152 cm³/mol. The molecule has 0 amide bonds. The highest BCUT2D eigenvalue weighted by Crippen LogP contribution is 2.31. The molecule has 2 aromatic heterocycles. The van der Waals surface area contributed by atoms with Crippen molar-refractivity contribution in [1.29, 1.82) is 0 Å². The van der Waals surface area contributed by atoms with Gasteiger partial charge in [0.15, 0.2) is 5.13 Å². The summed E-state index contributed by atoms with van der Waals surface area (Å²) in [6.45, 7) is 0.786. The summed E-state index contributed by atoms with van der Waals surface area (Å²) < 4.78 is 0. The molecule has 2 heterocycles. The van der Waals surface area contributed by atoms with Crippen molar-refractivity contribution in [3.05, 3.63) is 106 Å². The topological polar surface area (TPSA) is 104 Å². The van der Waals surface area contributed by atoms with Crippen LogP contribution < -0.4 is 11.1 Å². The summed E-state index contributed by atoms with van der Waals surface area (Å²) in [5.41, 5.74) is 12.4. The molecule has 1 atom stereocenters. The Kier molecular flexibility index (Phi) is 6.42. The summed E-state index contributed by atoms with van der Waals surface area (Å²) in [6.07, 6.45) is 4.88. The Bertz CT molecular complexity index is 1710. The number of thiazole rings is 1. The molecule has 0 aliphatic heterocycles. The lowest BCUT2D eigenvalue weighted by atomic mass is 9.93. The summed E-state index contributed by atoms with van der Waals surface area (Å²) in [6, 6.07) is 21.8. The van der Waals surface area contributed by atoms with Crippen LogP contribution in [0.5, 0.6) is 0 Å². The van der Waals surface area contributed by atoms with E-state index in [1.54, 1.807) is 23.5 Å². The molecule has 1 aliphatic rings. The van der Waals surface area contributed by atoms with Crippen LogP contribution >= 0.6 is 11.3 Å². The number of benzene rings is 3. The predicted octanol–water partition coefficient (Wildman–Crippen LogP) is 5.62. The molecule has 0 saturated carbocycles. The van der Waals surface area contributed by atoms with E-state index in [0.717, 1.165) is 53.5 Å². The van der Waals surface area contributed by atoms with E-state index < -0.39 is 5.97 Å². The molecule has 6 rings (SSSR count). The van der Waals surface area contributed by atoms with Gasteiger partial charge < -0.3 is 21.1 Å². The van der Waals surface area contributed by atoms with Crippen LogP contribution in [0.1, 0.15) is 44.0 Å². The van der Waals surface area contributed by atoms with Crippen LogP contribution in [0.25, 0.3) is 22.0 Å². The fraction of sp³-hybridized carbons (Fsp3) is 0.161. The number of aromatic amines is 1. The number of fused-ring (bicyclic) bond motifs is 2. The van der Waals surface area contributed by atoms with E-state index in [1.807, 2.05) is 48.7 Å². The quantitative estimate of drug-likeness (QED) is 0.226. The summed E-state index contributed by atoms with van der Waals surface area (Å²) in [4.78, 5) is 21.0. The number of nitrogens with zero attached hydrogens (tertiary/aromatic N) is 1. The average molecular weight is 519 g/mol. The molecule has 0 fully saturated rings. The van der Waals surface area contributed by atoms with Gasteiger partial charge in [-0.05, 0) is 72.2 Å². The van der Waals surface area contributed by atoms with Crippen LogP contribution in [0, 0.1) is 11.8 Å². The highest BCUT2D eigenvalue weighted by atomic mass is 32.1. The number of rotatable bonds is 5. The number of carbonyl (C=O) groups is 1. The van der Waals surface area contributed by atoms with Gasteiger partial charge in [0.2, 0.25) is 0 Å². The second-order valence-corrected chi connectivity index (χ2v) is 10.6. The first-order valence-electron chi connectivity index (χ1n) is 12.6. The van der Waals surface area contributed by atoms with Gasteiger partial charge in [0.25, 0.3) is 0 Å². The van der Waals surface area contributed by atoms with Crippen molar-refractivity contribution in [1.82, 2.24) is 15.3 Å².